The first-order chi connectivity index (χ1) is 9.04. The van der Waals surface area contributed by atoms with Crippen molar-refractivity contribution in [3.05, 3.63) is 33.7 Å². The average molecular weight is 284 g/mol. The van der Waals surface area contributed by atoms with Gasteiger partial charge in [-0.25, -0.2) is 0 Å². The van der Waals surface area contributed by atoms with Crippen LogP contribution in [0.1, 0.15) is 32.6 Å². The van der Waals surface area contributed by atoms with Crippen LogP contribution in [0.2, 0.25) is 5.02 Å². The molecule has 1 fully saturated rings. The number of nitrogens with zero attached hydrogens (tertiary/aromatic N) is 1. The number of rotatable bonds is 3. The van der Waals surface area contributed by atoms with E-state index in [1.54, 1.807) is 0 Å². The fraction of sp³-hybridized carbons (Fsp3) is 0.571. The maximum Gasteiger partial charge on any atom is 0.326 e. The van der Waals surface area contributed by atoms with Crippen LogP contribution < -0.4 is 5.56 Å². The lowest BCUT2D eigenvalue weighted by atomic mass is 9.89. The Morgan fingerprint density at radius 1 is 1.37 bits per heavy atom. The first-order valence-corrected chi connectivity index (χ1v) is 6.98. The van der Waals surface area contributed by atoms with Crippen LogP contribution in [0.4, 0.5) is 0 Å². The highest BCUT2D eigenvalue weighted by Gasteiger charge is 2.21. The molecule has 0 aromatic carbocycles. The predicted molar refractivity (Wildman–Crippen MR) is 73.2 cm³/mol. The highest BCUT2D eigenvalue weighted by atomic mass is 35.5. The molecule has 4 nitrogen and oxygen atoms in total. The predicted octanol–water partition coefficient (Wildman–Crippen LogP) is 2.62. The summed E-state index contributed by atoms with van der Waals surface area (Å²) in [7, 11) is 0. The van der Waals surface area contributed by atoms with Gasteiger partial charge in [-0.3, -0.25) is 9.59 Å². The molecular formula is C14H18ClNO3. The fourth-order valence-corrected chi connectivity index (χ4v) is 2.52. The van der Waals surface area contributed by atoms with Crippen LogP contribution in [0.5, 0.6) is 0 Å². The Labute approximate surface area is 117 Å². The van der Waals surface area contributed by atoms with Crippen molar-refractivity contribution in [3.8, 4) is 0 Å². The largest absolute Gasteiger partial charge is 0.461 e. The van der Waals surface area contributed by atoms with E-state index in [9.17, 15) is 9.59 Å². The second-order valence-corrected chi connectivity index (χ2v) is 5.62. The van der Waals surface area contributed by atoms with Crippen molar-refractivity contribution < 1.29 is 9.53 Å². The van der Waals surface area contributed by atoms with Gasteiger partial charge in [0.2, 0.25) is 0 Å². The zero-order chi connectivity index (χ0) is 13.8. The molecule has 104 valence electrons. The summed E-state index contributed by atoms with van der Waals surface area (Å²) in [6.45, 7) is 2.13. The molecule has 1 aliphatic rings. The first kappa shape index (κ1) is 14.1. The van der Waals surface area contributed by atoms with Crippen molar-refractivity contribution in [1.29, 1.82) is 0 Å². The fourth-order valence-electron chi connectivity index (χ4n) is 2.34. The van der Waals surface area contributed by atoms with Crippen LogP contribution in [0.25, 0.3) is 0 Å². The van der Waals surface area contributed by atoms with E-state index in [2.05, 4.69) is 6.92 Å². The first-order valence-electron chi connectivity index (χ1n) is 6.60. The van der Waals surface area contributed by atoms with Crippen LogP contribution in [0.15, 0.2) is 23.1 Å². The summed E-state index contributed by atoms with van der Waals surface area (Å²) in [6.07, 6.45) is 5.46. The van der Waals surface area contributed by atoms with Gasteiger partial charge in [-0.05, 0) is 37.7 Å². The topological polar surface area (TPSA) is 48.3 Å². The van der Waals surface area contributed by atoms with E-state index in [-0.39, 0.29) is 24.2 Å². The number of esters is 1. The van der Waals surface area contributed by atoms with Gasteiger partial charge in [-0.15, -0.1) is 0 Å². The SMILES string of the molecule is CC1CCC(OC(=O)Cn2cc(Cl)ccc2=O)CC1. The monoisotopic (exact) mass is 283 g/mol. The molecule has 1 saturated carbocycles. The summed E-state index contributed by atoms with van der Waals surface area (Å²) in [6, 6.07) is 2.85. The average Bonchev–Trinajstić information content (AvgIpc) is 2.37. The molecule has 0 spiro atoms. The molecule has 0 atom stereocenters. The number of aromatic nitrogens is 1. The molecule has 1 heterocycles. The summed E-state index contributed by atoms with van der Waals surface area (Å²) in [5.74, 6) is 0.342. The van der Waals surface area contributed by atoms with E-state index in [1.807, 2.05) is 0 Å². The maximum atomic E-state index is 11.8. The van der Waals surface area contributed by atoms with Gasteiger partial charge in [0.25, 0.3) is 5.56 Å². The molecule has 0 bridgehead atoms. The minimum absolute atomic E-state index is 0.00131. The van der Waals surface area contributed by atoms with Gasteiger partial charge in [0.05, 0.1) is 5.02 Å². The number of halogens is 1. The zero-order valence-corrected chi connectivity index (χ0v) is 11.7. The normalized spacial score (nSPS) is 23.1. The molecule has 0 amide bonds. The van der Waals surface area contributed by atoms with Gasteiger partial charge in [0, 0.05) is 12.3 Å². The number of ether oxygens (including phenoxy) is 1. The molecule has 1 aromatic heterocycles. The molecule has 1 aromatic rings. The van der Waals surface area contributed by atoms with Crippen molar-refractivity contribution in [1.82, 2.24) is 4.57 Å². The van der Waals surface area contributed by atoms with E-state index < -0.39 is 0 Å². The van der Waals surface area contributed by atoms with E-state index in [4.69, 9.17) is 16.3 Å². The molecule has 0 saturated heterocycles. The van der Waals surface area contributed by atoms with Gasteiger partial charge in [0.1, 0.15) is 12.6 Å². The van der Waals surface area contributed by atoms with Crippen LogP contribution in [0.3, 0.4) is 0 Å². The van der Waals surface area contributed by atoms with Gasteiger partial charge in [0.15, 0.2) is 0 Å². The Kier molecular flexibility index (Phi) is 4.64. The lowest BCUT2D eigenvalue weighted by Crippen LogP contribution is -2.29. The maximum absolute atomic E-state index is 11.8. The zero-order valence-electron chi connectivity index (χ0n) is 11.0. The number of carbonyl (C=O) groups excluding carboxylic acids is 1. The molecule has 0 N–H and O–H groups in total. The molecule has 2 rings (SSSR count). The second-order valence-electron chi connectivity index (χ2n) is 5.19. The third-order valence-electron chi connectivity index (χ3n) is 3.51. The smallest absolute Gasteiger partial charge is 0.326 e. The second kappa shape index (κ2) is 6.24. The number of pyridine rings is 1. The van der Waals surface area contributed by atoms with Crippen LogP contribution >= 0.6 is 11.6 Å². The molecule has 19 heavy (non-hydrogen) atoms. The Morgan fingerprint density at radius 2 is 2.05 bits per heavy atom. The van der Waals surface area contributed by atoms with E-state index in [1.165, 1.54) is 22.9 Å². The van der Waals surface area contributed by atoms with Crippen molar-refractivity contribution in [2.75, 3.05) is 0 Å². The third-order valence-corrected chi connectivity index (χ3v) is 3.73. The minimum Gasteiger partial charge on any atom is -0.461 e. The number of carbonyl (C=O) groups is 1. The van der Waals surface area contributed by atoms with Crippen molar-refractivity contribution >= 4 is 17.6 Å². The highest BCUT2D eigenvalue weighted by Crippen LogP contribution is 2.25. The summed E-state index contributed by atoms with van der Waals surface area (Å²) >= 11 is 5.80. The van der Waals surface area contributed by atoms with E-state index in [0.29, 0.717) is 10.9 Å². The Bertz CT molecular complexity index is 504. The van der Waals surface area contributed by atoms with Crippen LogP contribution in [-0.4, -0.2) is 16.6 Å². The lowest BCUT2D eigenvalue weighted by molar-refractivity contribution is -0.151. The van der Waals surface area contributed by atoms with Crippen LogP contribution in [0, 0.1) is 5.92 Å². The highest BCUT2D eigenvalue weighted by molar-refractivity contribution is 6.30. The summed E-state index contributed by atoms with van der Waals surface area (Å²) < 4.78 is 6.67. The summed E-state index contributed by atoms with van der Waals surface area (Å²) in [5.41, 5.74) is -0.251. The quantitative estimate of drug-likeness (QED) is 0.801. The van der Waals surface area contributed by atoms with Crippen LogP contribution in [-0.2, 0) is 16.1 Å². The van der Waals surface area contributed by atoms with E-state index >= 15 is 0 Å². The van der Waals surface area contributed by atoms with E-state index in [0.717, 1.165) is 25.7 Å². The van der Waals surface area contributed by atoms with Crippen molar-refractivity contribution in [3.63, 3.8) is 0 Å². The number of hydrogen-bond donors (Lipinski definition) is 0. The molecule has 0 unspecified atom stereocenters. The molecule has 0 radical (unpaired) electrons. The minimum atomic E-state index is -0.371. The molecule has 0 aliphatic heterocycles. The molecule has 1 aliphatic carbocycles. The molecule has 5 heteroatoms. The van der Waals surface area contributed by atoms with Gasteiger partial charge in [-0.1, -0.05) is 18.5 Å². The standard InChI is InChI=1S/C14H18ClNO3/c1-10-2-5-12(6-3-10)19-14(18)9-16-8-11(15)4-7-13(16)17/h4,7-8,10,12H,2-3,5-6,9H2,1H3. The number of hydrogen-bond acceptors (Lipinski definition) is 3. The van der Waals surface area contributed by atoms with Gasteiger partial charge >= 0.3 is 5.97 Å². The molecular weight excluding hydrogens is 266 g/mol. The Balaban J connectivity index is 1.90. The summed E-state index contributed by atoms with van der Waals surface area (Å²) in [5, 5.41) is 0.430. The Morgan fingerprint density at radius 3 is 2.74 bits per heavy atom. The Hall–Kier alpha value is -1.29. The van der Waals surface area contributed by atoms with Gasteiger partial charge in [-0.2, -0.15) is 0 Å². The third kappa shape index (κ3) is 4.10. The lowest BCUT2D eigenvalue weighted by Gasteiger charge is -2.26. The van der Waals surface area contributed by atoms with Crippen molar-refractivity contribution in [2.24, 2.45) is 5.92 Å². The van der Waals surface area contributed by atoms with Gasteiger partial charge < -0.3 is 9.30 Å². The van der Waals surface area contributed by atoms with Crippen molar-refractivity contribution in [2.45, 2.75) is 45.3 Å². The summed E-state index contributed by atoms with van der Waals surface area (Å²) in [4.78, 5) is 23.3.